The highest BCUT2D eigenvalue weighted by atomic mass is 32.1. The zero-order valence-electron chi connectivity index (χ0n) is 25.6. The predicted octanol–water partition coefficient (Wildman–Crippen LogP) is 8.00. The van der Waals surface area contributed by atoms with Crippen LogP contribution in [-0.4, -0.2) is 29.4 Å². The zero-order valence-corrected chi connectivity index (χ0v) is 26.4. The first-order valence-corrected chi connectivity index (χ1v) is 16.2. The Hall–Kier alpha value is -1.91. The molecule has 0 unspecified atom stereocenters. The molecule has 216 valence electrons. The van der Waals surface area contributed by atoms with Gasteiger partial charge in [0.25, 0.3) is 5.17 Å². The Morgan fingerprint density at radius 3 is 1.65 bits per heavy atom. The topological polar surface area (TPSA) is 33.3 Å². The molecule has 1 heterocycles. The van der Waals surface area contributed by atoms with Crippen molar-refractivity contribution in [2.75, 3.05) is 6.54 Å². The minimum Gasteiger partial charge on any atom is -0.466 e. The maximum atomic E-state index is 6.49. The molecule has 4 aliphatic carbocycles. The van der Waals surface area contributed by atoms with Crippen molar-refractivity contribution in [1.29, 1.82) is 0 Å². The fourth-order valence-corrected chi connectivity index (χ4v) is 9.13. The van der Waals surface area contributed by atoms with Gasteiger partial charge in [0.1, 0.15) is 6.10 Å². The summed E-state index contributed by atoms with van der Waals surface area (Å²) in [6, 6.07) is 19.0. The third kappa shape index (κ3) is 5.86. The third-order valence-electron chi connectivity index (χ3n) is 10.5. The first kappa shape index (κ1) is 28.2. The standard InChI is InChI=1S/C36H50N2OS/c1-34(2,3)28-11-7-26(8-12-28)32(27-9-13-29(14-10-27)35(4,5)6)31-18-30(22-37-31)39-33(40)38-36-19-23-15-24(20-36)17-25(16-23)21-36/h7-14,23-25,30-32,37H,15-22H2,1-6H3,(H,38,40)/t23?,24?,25?,30-,31-,36?/m1/s1. The maximum Gasteiger partial charge on any atom is 0.257 e. The van der Waals surface area contributed by atoms with Gasteiger partial charge in [-0.3, -0.25) is 0 Å². The summed E-state index contributed by atoms with van der Waals surface area (Å²) in [6.07, 6.45) is 9.23. The van der Waals surface area contributed by atoms with Gasteiger partial charge in [0.05, 0.1) is 0 Å². The highest BCUT2D eigenvalue weighted by molar-refractivity contribution is 7.80. The fraction of sp³-hybridized carbons (Fsp3) is 0.639. The number of thiocarbonyl (C=S) groups is 1. The molecule has 0 spiro atoms. The van der Waals surface area contributed by atoms with E-state index in [0.717, 1.165) is 30.7 Å². The molecule has 2 N–H and O–H groups in total. The number of hydrogen-bond acceptors (Lipinski definition) is 3. The van der Waals surface area contributed by atoms with E-state index >= 15 is 0 Å². The van der Waals surface area contributed by atoms with Gasteiger partial charge in [-0.25, -0.2) is 0 Å². The van der Waals surface area contributed by atoms with Gasteiger partial charge in [-0.15, -0.1) is 0 Å². The number of ether oxygens (including phenoxy) is 1. The van der Waals surface area contributed by atoms with Crippen LogP contribution in [0.2, 0.25) is 0 Å². The van der Waals surface area contributed by atoms with Gasteiger partial charge in [-0.05, 0) is 102 Å². The maximum absolute atomic E-state index is 6.49. The summed E-state index contributed by atoms with van der Waals surface area (Å²) >= 11 is 5.85. The van der Waals surface area contributed by atoms with Crippen molar-refractivity contribution in [3.05, 3.63) is 70.8 Å². The lowest BCUT2D eigenvalue weighted by Gasteiger charge is -2.57. The van der Waals surface area contributed by atoms with Gasteiger partial charge in [0.2, 0.25) is 0 Å². The van der Waals surface area contributed by atoms with Gasteiger partial charge in [0.15, 0.2) is 0 Å². The molecule has 4 heteroatoms. The molecular formula is C36H50N2OS. The fourth-order valence-electron chi connectivity index (χ4n) is 8.78. The molecule has 2 aromatic rings. The number of hydrogen-bond donors (Lipinski definition) is 2. The number of rotatable bonds is 5. The first-order chi connectivity index (χ1) is 18.9. The third-order valence-corrected chi connectivity index (χ3v) is 10.7. The Bertz CT molecular complexity index is 1110. The SMILES string of the molecule is CC(C)(C)c1ccc(C(c2ccc(C(C)(C)C)cc2)[C@H]2C[C@@H](OC(=S)NC34CC5CC(CC(C5)C3)C4)CN2)cc1. The molecule has 0 amide bonds. The van der Waals surface area contributed by atoms with Crippen LogP contribution in [-0.2, 0) is 15.6 Å². The van der Waals surface area contributed by atoms with Gasteiger partial charge in [0, 0.05) is 30.5 Å². The van der Waals surface area contributed by atoms with Gasteiger partial charge in [-0.1, -0.05) is 90.1 Å². The molecule has 7 rings (SSSR count). The van der Waals surface area contributed by atoms with E-state index in [1.165, 1.54) is 60.8 Å². The summed E-state index contributed by atoms with van der Waals surface area (Å²) in [4.78, 5) is 0. The molecule has 3 nitrogen and oxygen atoms in total. The molecule has 0 radical (unpaired) electrons. The largest absolute Gasteiger partial charge is 0.466 e. The van der Waals surface area contributed by atoms with Crippen LogP contribution in [0.1, 0.15) is 115 Å². The van der Waals surface area contributed by atoms with Crippen LogP contribution in [0.25, 0.3) is 0 Å². The second-order valence-electron chi connectivity index (χ2n) is 15.8. The Morgan fingerprint density at radius 1 is 0.775 bits per heavy atom. The predicted molar refractivity (Wildman–Crippen MR) is 170 cm³/mol. The number of benzene rings is 2. The lowest BCUT2D eigenvalue weighted by atomic mass is 9.53. The Morgan fingerprint density at radius 2 is 1.23 bits per heavy atom. The Kier molecular flexibility index (Phi) is 7.35. The van der Waals surface area contributed by atoms with Crippen molar-refractivity contribution >= 4 is 17.4 Å². The summed E-state index contributed by atoms with van der Waals surface area (Å²) in [5, 5.41) is 8.26. The van der Waals surface area contributed by atoms with E-state index in [2.05, 4.69) is 101 Å². The molecule has 0 aromatic heterocycles. The first-order valence-electron chi connectivity index (χ1n) is 15.8. The van der Waals surface area contributed by atoms with Crippen molar-refractivity contribution in [2.45, 2.75) is 121 Å². The van der Waals surface area contributed by atoms with E-state index in [0.29, 0.717) is 11.2 Å². The molecule has 5 aliphatic rings. The van der Waals surface area contributed by atoms with Crippen molar-refractivity contribution in [3.63, 3.8) is 0 Å². The van der Waals surface area contributed by atoms with Crippen LogP contribution in [0.3, 0.4) is 0 Å². The molecular weight excluding hydrogens is 508 g/mol. The second-order valence-corrected chi connectivity index (χ2v) is 16.2. The normalized spacial score (nSPS) is 31.5. The van der Waals surface area contributed by atoms with E-state index in [4.69, 9.17) is 17.0 Å². The van der Waals surface area contributed by atoms with Crippen molar-refractivity contribution in [1.82, 2.24) is 10.6 Å². The van der Waals surface area contributed by atoms with Crippen LogP contribution in [0, 0.1) is 17.8 Å². The quantitative estimate of drug-likeness (QED) is 0.364. The second kappa shape index (κ2) is 10.4. The van der Waals surface area contributed by atoms with Crippen LogP contribution in [0.4, 0.5) is 0 Å². The van der Waals surface area contributed by atoms with Crippen LogP contribution < -0.4 is 10.6 Å². The van der Waals surface area contributed by atoms with E-state index < -0.39 is 0 Å². The Balaban J connectivity index is 1.17. The molecule has 4 saturated carbocycles. The van der Waals surface area contributed by atoms with Gasteiger partial charge in [-0.2, -0.15) is 0 Å². The lowest BCUT2D eigenvalue weighted by molar-refractivity contribution is -0.0136. The summed E-state index contributed by atoms with van der Waals surface area (Å²) in [6.45, 7) is 14.5. The average molecular weight is 559 g/mol. The van der Waals surface area contributed by atoms with Gasteiger partial charge < -0.3 is 15.4 Å². The van der Waals surface area contributed by atoms with Crippen LogP contribution >= 0.6 is 12.2 Å². The summed E-state index contributed by atoms with van der Waals surface area (Å²) < 4.78 is 6.49. The highest BCUT2D eigenvalue weighted by Crippen LogP contribution is 2.55. The van der Waals surface area contributed by atoms with E-state index in [1.807, 2.05) is 0 Å². The van der Waals surface area contributed by atoms with Crippen molar-refractivity contribution in [3.8, 4) is 0 Å². The molecule has 4 bridgehead atoms. The molecule has 5 fully saturated rings. The lowest BCUT2D eigenvalue weighted by Crippen LogP contribution is -2.60. The summed E-state index contributed by atoms with van der Waals surface area (Å²) in [5.74, 6) is 2.96. The molecule has 40 heavy (non-hydrogen) atoms. The van der Waals surface area contributed by atoms with E-state index in [1.54, 1.807) is 0 Å². The van der Waals surface area contributed by atoms with Gasteiger partial charge >= 0.3 is 0 Å². The minimum atomic E-state index is 0.101. The zero-order chi connectivity index (χ0) is 28.3. The number of nitrogens with one attached hydrogen (secondary N) is 2. The molecule has 2 aromatic carbocycles. The minimum absolute atomic E-state index is 0.101. The summed E-state index contributed by atoms with van der Waals surface area (Å²) in [5.41, 5.74) is 5.97. The van der Waals surface area contributed by atoms with Crippen molar-refractivity contribution in [2.24, 2.45) is 17.8 Å². The monoisotopic (exact) mass is 558 g/mol. The molecule has 1 saturated heterocycles. The van der Waals surface area contributed by atoms with E-state index in [-0.39, 0.29) is 28.4 Å². The van der Waals surface area contributed by atoms with Crippen molar-refractivity contribution < 1.29 is 4.74 Å². The Labute approximate surface area is 248 Å². The van der Waals surface area contributed by atoms with E-state index in [9.17, 15) is 0 Å². The van der Waals surface area contributed by atoms with Crippen LogP contribution in [0.15, 0.2) is 48.5 Å². The van der Waals surface area contributed by atoms with Crippen LogP contribution in [0.5, 0.6) is 0 Å². The molecule has 2 atom stereocenters. The molecule has 1 aliphatic heterocycles. The summed E-state index contributed by atoms with van der Waals surface area (Å²) in [7, 11) is 0. The average Bonchev–Trinajstić information content (AvgIpc) is 3.30. The highest BCUT2D eigenvalue weighted by Gasteiger charge is 2.51. The smallest absolute Gasteiger partial charge is 0.257 e.